The third-order valence-electron chi connectivity index (χ3n) is 6.18. The number of nitrogens with zero attached hydrogens (tertiary/aromatic N) is 2. The van der Waals surface area contributed by atoms with Crippen LogP contribution in [0.15, 0.2) is 128 Å². The van der Waals surface area contributed by atoms with Crippen molar-refractivity contribution in [1.82, 2.24) is 14.3 Å². The van der Waals surface area contributed by atoms with Gasteiger partial charge >= 0.3 is 0 Å². The number of carbonyl (C=O) groups is 1. The van der Waals surface area contributed by atoms with Crippen molar-refractivity contribution in [3.05, 3.63) is 159 Å². The summed E-state index contributed by atoms with van der Waals surface area (Å²) in [4.78, 5) is 17.2. The standard InChI is InChI=1S/C31H26IN3OS/c32-29-19-11-10-18-28(29)30(36)33-21-20-27-22-35(23-34-27)37-31(24-12-4-1-5-13-24,25-14-6-2-7-15-25)26-16-8-3-9-17-26/h1-19,22-23H,20-21H2,(H,33,36). The van der Waals surface area contributed by atoms with E-state index in [2.05, 4.69) is 134 Å². The summed E-state index contributed by atoms with van der Waals surface area (Å²) in [5, 5.41) is 3.02. The second-order valence-corrected chi connectivity index (χ2v) is 11.0. The molecule has 0 fully saturated rings. The van der Waals surface area contributed by atoms with Crippen LogP contribution in [0.3, 0.4) is 0 Å². The van der Waals surface area contributed by atoms with E-state index >= 15 is 0 Å². The average Bonchev–Trinajstić information content (AvgIpc) is 3.40. The molecule has 0 radical (unpaired) electrons. The fraction of sp³-hybridized carbons (Fsp3) is 0.0968. The van der Waals surface area contributed by atoms with Crippen LogP contribution in [0.25, 0.3) is 0 Å². The van der Waals surface area contributed by atoms with Crippen molar-refractivity contribution in [2.45, 2.75) is 11.2 Å². The molecule has 0 atom stereocenters. The molecule has 37 heavy (non-hydrogen) atoms. The number of benzene rings is 4. The highest BCUT2D eigenvalue weighted by atomic mass is 127. The lowest BCUT2D eigenvalue weighted by atomic mass is 9.84. The summed E-state index contributed by atoms with van der Waals surface area (Å²) < 4.78 is 2.56. The van der Waals surface area contributed by atoms with E-state index in [4.69, 9.17) is 0 Å². The normalized spacial score (nSPS) is 11.3. The van der Waals surface area contributed by atoms with Crippen LogP contribution in [0.5, 0.6) is 0 Å². The second kappa shape index (κ2) is 11.8. The maximum Gasteiger partial charge on any atom is 0.252 e. The average molecular weight is 616 g/mol. The Balaban J connectivity index is 1.41. The first kappa shape index (κ1) is 25.3. The lowest BCUT2D eigenvalue weighted by Gasteiger charge is -2.35. The van der Waals surface area contributed by atoms with Gasteiger partial charge < -0.3 is 5.32 Å². The molecular formula is C31H26IN3OS. The number of rotatable bonds is 9. The van der Waals surface area contributed by atoms with Crippen molar-refractivity contribution in [2.24, 2.45) is 0 Å². The SMILES string of the molecule is O=C(NCCc1cn(SC(c2ccccc2)(c2ccccc2)c2ccccc2)cn1)c1ccccc1I. The molecule has 0 aliphatic carbocycles. The van der Waals surface area contributed by atoms with Gasteiger partial charge in [0.2, 0.25) is 0 Å². The fourth-order valence-electron chi connectivity index (χ4n) is 4.40. The molecule has 1 aromatic heterocycles. The van der Waals surface area contributed by atoms with Gasteiger partial charge in [-0.05, 0) is 63.4 Å². The van der Waals surface area contributed by atoms with Crippen LogP contribution in [-0.4, -0.2) is 21.4 Å². The number of nitrogens with one attached hydrogen (secondary N) is 1. The van der Waals surface area contributed by atoms with Gasteiger partial charge in [-0.15, -0.1) is 0 Å². The molecule has 4 nitrogen and oxygen atoms in total. The minimum absolute atomic E-state index is 0.0601. The van der Waals surface area contributed by atoms with E-state index in [-0.39, 0.29) is 5.91 Å². The first-order chi connectivity index (χ1) is 18.2. The quantitative estimate of drug-likeness (QED) is 0.144. The Labute approximate surface area is 235 Å². The predicted molar refractivity (Wildman–Crippen MR) is 160 cm³/mol. The number of aromatic nitrogens is 2. The van der Waals surface area contributed by atoms with E-state index in [0.717, 1.165) is 9.26 Å². The number of imidazole rings is 1. The number of hydrogen-bond donors (Lipinski definition) is 1. The largest absolute Gasteiger partial charge is 0.352 e. The first-order valence-electron chi connectivity index (χ1n) is 12.1. The maximum absolute atomic E-state index is 12.6. The summed E-state index contributed by atoms with van der Waals surface area (Å²) in [6.45, 7) is 0.521. The highest BCUT2D eigenvalue weighted by molar-refractivity contribution is 14.1. The van der Waals surface area contributed by atoms with Gasteiger partial charge in [0.15, 0.2) is 0 Å². The highest BCUT2D eigenvalue weighted by Gasteiger charge is 2.38. The summed E-state index contributed by atoms with van der Waals surface area (Å²) in [7, 11) is 0. The van der Waals surface area contributed by atoms with Gasteiger partial charge in [0.25, 0.3) is 5.91 Å². The number of hydrogen-bond acceptors (Lipinski definition) is 3. The molecule has 0 bridgehead atoms. The third-order valence-corrected chi connectivity index (χ3v) is 8.51. The van der Waals surface area contributed by atoms with Crippen molar-refractivity contribution in [3.63, 3.8) is 0 Å². The summed E-state index contributed by atoms with van der Waals surface area (Å²) in [6.07, 6.45) is 4.58. The van der Waals surface area contributed by atoms with Gasteiger partial charge in [0.1, 0.15) is 11.1 Å². The summed E-state index contributed by atoms with van der Waals surface area (Å²) in [5.41, 5.74) is 5.20. The molecule has 0 aliphatic heterocycles. The Morgan fingerprint density at radius 2 is 1.30 bits per heavy atom. The zero-order valence-electron chi connectivity index (χ0n) is 20.1. The van der Waals surface area contributed by atoms with Crippen LogP contribution in [0.2, 0.25) is 0 Å². The monoisotopic (exact) mass is 615 g/mol. The van der Waals surface area contributed by atoms with Crippen molar-refractivity contribution >= 4 is 40.4 Å². The maximum atomic E-state index is 12.6. The topological polar surface area (TPSA) is 46.9 Å². The summed E-state index contributed by atoms with van der Waals surface area (Å²) in [6, 6.07) is 39.4. The summed E-state index contributed by atoms with van der Waals surface area (Å²) in [5.74, 6) is -0.0601. The molecule has 184 valence electrons. The van der Waals surface area contributed by atoms with E-state index in [9.17, 15) is 4.79 Å². The number of halogens is 1. The molecule has 0 unspecified atom stereocenters. The molecule has 5 rings (SSSR count). The van der Waals surface area contributed by atoms with Crippen LogP contribution < -0.4 is 5.32 Å². The Morgan fingerprint density at radius 1 is 0.784 bits per heavy atom. The zero-order valence-corrected chi connectivity index (χ0v) is 23.1. The molecule has 1 N–H and O–H groups in total. The van der Waals surface area contributed by atoms with Gasteiger partial charge in [-0.3, -0.25) is 8.77 Å². The second-order valence-electron chi connectivity index (χ2n) is 8.58. The van der Waals surface area contributed by atoms with Gasteiger partial charge in [-0.1, -0.05) is 103 Å². The third kappa shape index (κ3) is 5.65. The van der Waals surface area contributed by atoms with Gasteiger partial charge in [0, 0.05) is 22.7 Å². The minimum Gasteiger partial charge on any atom is -0.352 e. The predicted octanol–water partition coefficient (Wildman–Crippen LogP) is 6.95. The lowest BCUT2D eigenvalue weighted by Crippen LogP contribution is -2.27. The molecule has 6 heteroatoms. The Kier molecular flexibility index (Phi) is 8.06. The molecule has 1 heterocycles. The fourth-order valence-corrected chi connectivity index (χ4v) is 6.34. The smallest absolute Gasteiger partial charge is 0.252 e. The Hall–Kier alpha value is -3.36. The zero-order chi connectivity index (χ0) is 25.5. The summed E-state index contributed by atoms with van der Waals surface area (Å²) >= 11 is 3.91. The molecule has 0 saturated heterocycles. The molecule has 5 aromatic rings. The van der Waals surface area contributed by atoms with Gasteiger partial charge in [0.05, 0.1) is 11.3 Å². The van der Waals surface area contributed by atoms with E-state index in [0.29, 0.717) is 18.5 Å². The van der Waals surface area contributed by atoms with Gasteiger partial charge in [-0.2, -0.15) is 0 Å². The van der Waals surface area contributed by atoms with Crippen LogP contribution in [0.4, 0.5) is 0 Å². The molecule has 0 saturated carbocycles. The Morgan fingerprint density at radius 3 is 1.84 bits per heavy atom. The molecule has 4 aromatic carbocycles. The molecule has 1 amide bonds. The van der Waals surface area contributed by atoms with Crippen LogP contribution in [0.1, 0.15) is 32.7 Å². The molecule has 0 spiro atoms. The van der Waals surface area contributed by atoms with E-state index < -0.39 is 4.75 Å². The van der Waals surface area contributed by atoms with Crippen molar-refractivity contribution < 1.29 is 4.79 Å². The Bertz CT molecular complexity index is 1360. The van der Waals surface area contributed by atoms with E-state index in [1.54, 1.807) is 11.9 Å². The number of carbonyl (C=O) groups excluding carboxylic acids is 1. The number of amides is 1. The van der Waals surface area contributed by atoms with Gasteiger partial charge in [-0.25, -0.2) is 4.98 Å². The molecular weight excluding hydrogens is 589 g/mol. The van der Waals surface area contributed by atoms with E-state index in [1.807, 2.05) is 30.6 Å². The van der Waals surface area contributed by atoms with E-state index in [1.165, 1.54) is 16.7 Å². The van der Waals surface area contributed by atoms with Crippen molar-refractivity contribution in [2.75, 3.05) is 6.54 Å². The van der Waals surface area contributed by atoms with Crippen LogP contribution in [-0.2, 0) is 11.2 Å². The van der Waals surface area contributed by atoms with Crippen LogP contribution in [0, 0.1) is 3.57 Å². The van der Waals surface area contributed by atoms with Crippen molar-refractivity contribution in [1.29, 1.82) is 0 Å². The van der Waals surface area contributed by atoms with Crippen LogP contribution >= 0.6 is 34.5 Å². The molecule has 0 aliphatic rings. The highest BCUT2D eigenvalue weighted by Crippen LogP contribution is 2.48. The van der Waals surface area contributed by atoms with Crippen molar-refractivity contribution in [3.8, 4) is 0 Å². The minimum atomic E-state index is -0.472. The first-order valence-corrected chi connectivity index (χ1v) is 13.9. The lowest BCUT2D eigenvalue weighted by molar-refractivity contribution is 0.0953.